The van der Waals surface area contributed by atoms with Crippen LogP contribution in [0.2, 0.25) is 0 Å². The molecule has 0 fully saturated rings. The largest absolute Gasteiger partial charge is 0.481 e. The Labute approximate surface area is 76.6 Å². The summed E-state index contributed by atoms with van der Waals surface area (Å²) in [5.41, 5.74) is -0.506. The maximum atomic E-state index is 10.8. The van der Waals surface area contributed by atoms with Crippen molar-refractivity contribution in [1.29, 1.82) is 0 Å². The van der Waals surface area contributed by atoms with Crippen LogP contribution in [0.25, 0.3) is 0 Å². The molecule has 1 rings (SSSR count). The van der Waals surface area contributed by atoms with E-state index in [0.717, 1.165) is 0 Å². The SMILES string of the molecule is CCc1nc(C(C)(C)C(=O)O)co1. The van der Waals surface area contributed by atoms with Gasteiger partial charge in [0.25, 0.3) is 0 Å². The molecule has 4 nitrogen and oxygen atoms in total. The van der Waals surface area contributed by atoms with Crippen molar-refractivity contribution in [3.63, 3.8) is 0 Å². The van der Waals surface area contributed by atoms with E-state index >= 15 is 0 Å². The van der Waals surface area contributed by atoms with Crippen molar-refractivity contribution >= 4 is 5.97 Å². The van der Waals surface area contributed by atoms with E-state index in [4.69, 9.17) is 9.52 Å². The number of nitrogens with zero attached hydrogens (tertiary/aromatic N) is 1. The Morgan fingerprint density at radius 2 is 2.31 bits per heavy atom. The number of oxazole rings is 1. The highest BCUT2D eigenvalue weighted by atomic mass is 16.4. The molecule has 0 amide bonds. The van der Waals surface area contributed by atoms with Gasteiger partial charge < -0.3 is 9.52 Å². The zero-order valence-corrected chi connectivity index (χ0v) is 8.00. The van der Waals surface area contributed by atoms with Crippen molar-refractivity contribution in [3.05, 3.63) is 17.8 Å². The lowest BCUT2D eigenvalue weighted by atomic mass is 9.90. The quantitative estimate of drug-likeness (QED) is 0.773. The molecule has 4 heteroatoms. The van der Waals surface area contributed by atoms with Crippen LogP contribution >= 0.6 is 0 Å². The first-order chi connectivity index (χ1) is 5.98. The average Bonchev–Trinajstić information content (AvgIpc) is 2.51. The van der Waals surface area contributed by atoms with Gasteiger partial charge in [-0.1, -0.05) is 6.92 Å². The molecule has 1 aromatic heterocycles. The van der Waals surface area contributed by atoms with Crippen molar-refractivity contribution in [3.8, 4) is 0 Å². The van der Waals surface area contributed by atoms with Gasteiger partial charge in [0.2, 0.25) is 0 Å². The van der Waals surface area contributed by atoms with Crippen molar-refractivity contribution in [1.82, 2.24) is 4.98 Å². The van der Waals surface area contributed by atoms with Crippen molar-refractivity contribution < 1.29 is 14.3 Å². The van der Waals surface area contributed by atoms with Gasteiger partial charge in [0.05, 0.1) is 5.69 Å². The molecule has 1 heterocycles. The Morgan fingerprint density at radius 3 is 2.69 bits per heavy atom. The van der Waals surface area contributed by atoms with Crippen LogP contribution in [-0.4, -0.2) is 16.1 Å². The number of carbonyl (C=O) groups is 1. The standard InChI is InChI=1S/C9H13NO3/c1-4-7-10-6(5-13-7)9(2,3)8(11)12/h5H,4H2,1-3H3,(H,11,12). The zero-order chi connectivity index (χ0) is 10.1. The number of aliphatic carboxylic acids is 1. The summed E-state index contributed by atoms with van der Waals surface area (Å²) in [4.78, 5) is 14.9. The van der Waals surface area contributed by atoms with Crippen molar-refractivity contribution in [2.45, 2.75) is 32.6 Å². The molecule has 0 bridgehead atoms. The molecule has 1 aromatic rings. The van der Waals surface area contributed by atoms with E-state index in [0.29, 0.717) is 18.0 Å². The predicted octanol–water partition coefficient (Wildman–Crippen LogP) is 1.60. The van der Waals surface area contributed by atoms with Gasteiger partial charge in [-0.3, -0.25) is 4.79 Å². The molecule has 0 aliphatic rings. The lowest BCUT2D eigenvalue weighted by Gasteiger charge is -2.14. The minimum Gasteiger partial charge on any atom is -0.481 e. The number of hydrogen-bond donors (Lipinski definition) is 1. The topological polar surface area (TPSA) is 63.3 Å². The number of hydrogen-bond acceptors (Lipinski definition) is 3. The highest BCUT2D eigenvalue weighted by Crippen LogP contribution is 2.22. The van der Waals surface area contributed by atoms with Gasteiger partial charge in [-0.25, -0.2) is 4.98 Å². The van der Waals surface area contributed by atoms with Gasteiger partial charge in [-0.2, -0.15) is 0 Å². The maximum Gasteiger partial charge on any atom is 0.315 e. The fourth-order valence-electron chi connectivity index (χ4n) is 0.870. The highest BCUT2D eigenvalue weighted by molar-refractivity contribution is 5.79. The lowest BCUT2D eigenvalue weighted by Crippen LogP contribution is -2.28. The monoisotopic (exact) mass is 183 g/mol. The molecular weight excluding hydrogens is 170 g/mol. The van der Waals surface area contributed by atoms with Crippen LogP contribution in [0.4, 0.5) is 0 Å². The van der Waals surface area contributed by atoms with Gasteiger partial charge in [-0.05, 0) is 13.8 Å². The Hall–Kier alpha value is -1.32. The number of rotatable bonds is 3. The minimum absolute atomic E-state index is 0.469. The van der Waals surface area contributed by atoms with Gasteiger partial charge in [-0.15, -0.1) is 0 Å². The minimum atomic E-state index is -0.975. The molecule has 0 saturated carbocycles. The molecule has 0 aromatic carbocycles. The number of aromatic nitrogens is 1. The first-order valence-corrected chi connectivity index (χ1v) is 4.16. The van der Waals surface area contributed by atoms with E-state index in [-0.39, 0.29) is 0 Å². The number of aryl methyl sites for hydroxylation is 1. The number of carboxylic acid groups (broad SMARTS) is 1. The second kappa shape index (κ2) is 3.20. The van der Waals surface area contributed by atoms with E-state index in [1.807, 2.05) is 6.92 Å². The van der Waals surface area contributed by atoms with E-state index < -0.39 is 11.4 Å². The van der Waals surface area contributed by atoms with Gasteiger partial charge in [0.15, 0.2) is 5.89 Å². The summed E-state index contributed by atoms with van der Waals surface area (Å²) in [6, 6.07) is 0. The van der Waals surface area contributed by atoms with Gasteiger partial charge in [0.1, 0.15) is 11.7 Å². The fraction of sp³-hybridized carbons (Fsp3) is 0.556. The molecule has 0 saturated heterocycles. The molecule has 72 valence electrons. The average molecular weight is 183 g/mol. The molecule has 13 heavy (non-hydrogen) atoms. The fourth-order valence-corrected chi connectivity index (χ4v) is 0.870. The summed E-state index contributed by atoms with van der Waals surface area (Å²) in [7, 11) is 0. The van der Waals surface area contributed by atoms with Crippen molar-refractivity contribution in [2.24, 2.45) is 0 Å². The molecule has 0 spiro atoms. The molecule has 1 N–H and O–H groups in total. The van der Waals surface area contributed by atoms with Crippen molar-refractivity contribution in [2.75, 3.05) is 0 Å². The van der Waals surface area contributed by atoms with E-state index in [2.05, 4.69) is 4.98 Å². The molecule has 0 radical (unpaired) electrons. The van der Waals surface area contributed by atoms with Crippen LogP contribution in [0.15, 0.2) is 10.7 Å². The third-order valence-electron chi connectivity index (χ3n) is 2.03. The Kier molecular flexibility index (Phi) is 2.40. The Morgan fingerprint density at radius 1 is 1.69 bits per heavy atom. The van der Waals surface area contributed by atoms with Crippen LogP contribution in [0.3, 0.4) is 0 Å². The predicted molar refractivity (Wildman–Crippen MR) is 46.5 cm³/mol. The maximum absolute atomic E-state index is 10.8. The van der Waals surface area contributed by atoms with E-state index in [1.54, 1.807) is 13.8 Å². The summed E-state index contributed by atoms with van der Waals surface area (Å²) >= 11 is 0. The van der Waals surface area contributed by atoms with Crippen LogP contribution < -0.4 is 0 Å². The second-order valence-electron chi connectivity index (χ2n) is 3.41. The molecule has 0 aliphatic heterocycles. The van der Waals surface area contributed by atoms with Crippen LogP contribution in [-0.2, 0) is 16.6 Å². The van der Waals surface area contributed by atoms with Crippen LogP contribution in [0, 0.1) is 0 Å². The van der Waals surface area contributed by atoms with Gasteiger partial charge >= 0.3 is 5.97 Å². The second-order valence-corrected chi connectivity index (χ2v) is 3.41. The smallest absolute Gasteiger partial charge is 0.315 e. The number of carboxylic acids is 1. The molecule has 0 atom stereocenters. The normalized spacial score (nSPS) is 11.6. The molecule has 0 aliphatic carbocycles. The Balaban J connectivity index is 3.00. The summed E-state index contributed by atoms with van der Waals surface area (Å²) in [5.74, 6) is -0.326. The summed E-state index contributed by atoms with van der Waals surface area (Å²) < 4.78 is 5.08. The van der Waals surface area contributed by atoms with E-state index in [9.17, 15) is 4.79 Å². The van der Waals surface area contributed by atoms with E-state index in [1.165, 1.54) is 6.26 Å². The van der Waals surface area contributed by atoms with Gasteiger partial charge in [0, 0.05) is 6.42 Å². The highest BCUT2D eigenvalue weighted by Gasteiger charge is 2.32. The summed E-state index contributed by atoms with van der Waals surface area (Å²) in [5, 5.41) is 8.89. The lowest BCUT2D eigenvalue weighted by molar-refractivity contribution is -0.142. The third-order valence-corrected chi connectivity index (χ3v) is 2.03. The first-order valence-electron chi connectivity index (χ1n) is 4.16. The Bertz CT molecular complexity index is 314. The third kappa shape index (κ3) is 1.71. The van der Waals surface area contributed by atoms with Crippen LogP contribution in [0.1, 0.15) is 32.4 Å². The summed E-state index contributed by atoms with van der Waals surface area (Å²) in [6.07, 6.45) is 2.09. The zero-order valence-electron chi connectivity index (χ0n) is 8.00. The molecular formula is C9H13NO3. The summed E-state index contributed by atoms with van der Waals surface area (Å²) in [6.45, 7) is 5.11. The first kappa shape index (κ1) is 9.77. The van der Waals surface area contributed by atoms with Crippen LogP contribution in [0.5, 0.6) is 0 Å². The molecule has 0 unspecified atom stereocenters.